The van der Waals surface area contributed by atoms with Crippen LogP contribution in [0.4, 0.5) is 4.53 Å². The quantitative estimate of drug-likeness (QED) is 0.719. The predicted octanol–water partition coefficient (Wildman–Crippen LogP) is 1.42. The highest BCUT2D eigenvalue weighted by Gasteiger charge is 2.22. The number of aryl methyl sites for hydroxylation is 1. The van der Waals surface area contributed by atoms with Crippen LogP contribution in [0.2, 0.25) is 0 Å². The molecule has 1 aromatic rings. The van der Waals surface area contributed by atoms with Crippen LogP contribution in [0.15, 0.2) is 4.42 Å². The number of ether oxygens (including phenoxy) is 1. The van der Waals surface area contributed by atoms with Crippen molar-refractivity contribution in [1.82, 2.24) is 4.98 Å². The standard InChI is InChI=1S/C7H8FNO4/c1-3-11-7-5(6(10)13-8)9-4(2)12-7/h3H2,1-2H3. The summed E-state index contributed by atoms with van der Waals surface area (Å²) in [5.74, 6) is -1.13. The average Bonchev–Trinajstić information content (AvgIpc) is 2.46. The highest BCUT2D eigenvalue weighted by atomic mass is 19.3. The third-order valence-electron chi connectivity index (χ3n) is 1.24. The summed E-state index contributed by atoms with van der Waals surface area (Å²) < 4.78 is 21.3. The molecule has 0 N–H and O–H groups in total. The summed E-state index contributed by atoms with van der Waals surface area (Å²) in [6.07, 6.45) is 0. The summed E-state index contributed by atoms with van der Waals surface area (Å²) in [5, 5.41) is 0. The van der Waals surface area contributed by atoms with E-state index in [1.54, 1.807) is 6.92 Å². The molecule has 1 rings (SSSR count). The molecule has 0 amide bonds. The van der Waals surface area contributed by atoms with E-state index in [0.717, 1.165) is 0 Å². The van der Waals surface area contributed by atoms with Gasteiger partial charge >= 0.3 is 11.9 Å². The van der Waals surface area contributed by atoms with Crippen LogP contribution in [-0.4, -0.2) is 17.6 Å². The van der Waals surface area contributed by atoms with Crippen molar-refractivity contribution in [3.8, 4) is 5.95 Å². The van der Waals surface area contributed by atoms with Crippen molar-refractivity contribution in [1.29, 1.82) is 0 Å². The third-order valence-corrected chi connectivity index (χ3v) is 1.24. The van der Waals surface area contributed by atoms with E-state index in [-0.39, 0.29) is 17.5 Å². The molecule has 1 heterocycles. The molecule has 0 spiro atoms. The second kappa shape index (κ2) is 3.88. The molecule has 13 heavy (non-hydrogen) atoms. The third kappa shape index (κ3) is 1.95. The van der Waals surface area contributed by atoms with Crippen LogP contribution in [0.1, 0.15) is 23.3 Å². The molecule has 0 radical (unpaired) electrons. The number of carbonyl (C=O) groups is 1. The molecular formula is C7H8FNO4. The lowest BCUT2D eigenvalue weighted by Gasteiger charge is -1.96. The average molecular weight is 189 g/mol. The van der Waals surface area contributed by atoms with Crippen molar-refractivity contribution >= 4 is 5.97 Å². The molecule has 0 saturated heterocycles. The minimum absolute atomic E-state index is 0.123. The van der Waals surface area contributed by atoms with Crippen LogP contribution in [0, 0.1) is 6.92 Å². The summed E-state index contributed by atoms with van der Waals surface area (Å²) in [6.45, 7) is 3.50. The van der Waals surface area contributed by atoms with Crippen molar-refractivity contribution in [2.75, 3.05) is 6.61 Å². The summed E-state index contributed by atoms with van der Waals surface area (Å²) in [4.78, 5) is 17.3. The second-order valence-corrected chi connectivity index (χ2v) is 2.17. The summed E-state index contributed by atoms with van der Waals surface area (Å²) >= 11 is 0. The molecule has 1 aromatic heterocycles. The molecule has 0 saturated carbocycles. The Morgan fingerprint density at radius 2 is 2.38 bits per heavy atom. The summed E-state index contributed by atoms with van der Waals surface area (Å²) in [7, 11) is 0. The molecule has 0 aliphatic carbocycles. The zero-order valence-electron chi connectivity index (χ0n) is 7.17. The Morgan fingerprint density at radius 1 is 1.69 bits per heavy atom. The van der Waals surface area contributed by atoms with Gasteiger partial charge in [-0.05, 0) is 6.92 Å². The Morgan fingerprint density at radius 3 is 2.92 bits per heavy atom. The maximum Gasteiger partial charge on any atom is 0.405 e. The van der Waals surface area contributed by atoms with Gasteiger partial charge in [0, 0.05) is 11.4 Å². The number of rotatable bonds is 3. The van der Waals surface area contributed by atoms with Gasteiger partial charge in [-0.25, -0.2) is 14.7 Å². The number of halogens is 1. The molecule has 0 aliphatic heterocycles. The van der Waals surface area contributed by atoms with Crippen LogP contribution in [0.25, 0.3) is 0 Å². The van der Waals surface area contributed by atoms with Crippen molar-refractivity contribution in [2.24, 2.45) is 0 Å². The second-order valence-electron chi connectivity index (χ2n) is 2.17. The largest absolute Gasteiger partial charge is 0.464 e. The molecule has 5 nitrogen and oxygen atoms in total. The van der Waals surface area contributed by atoms with Gasteiger partial charge in [-0.3, -0.25) is 0 Å². The minimum atomic E-state index is -1.22. The zero-order valence-corrected chi connectivity index (χ0v) is 7.17. The van der Waals surface area contributed by atoms with Crippen LogP contribution >= 0.6 is 0 Å². The molecule has 0 atom stereocenters. The molecule has 0 aromatic carbocycles. The van der Waals surface area contributed by atoms with Gasteiger partial charge in [-0.15, -0.1) is 0 Å². The molecule has 0 aliphatic rings. The van der Waals surface area contributed by atoms with E-state index in [0.29, 0.717) is 6.61 Å². The smallest absolute Gasteiger partial charge is 0.405 e. The summed E-state index contributed by atoms with van der Waals surface area (Å²) in [6, 6.07) is 0. The number of hydrogen-bond acceptors (Lipinski definition) is 5. The van der Waals surface area contributed by atoms with Crippen molar-refractivity contribution in [3.05, 3.63) is 11.6 Å². The lowest BCUT2D eigenvalue weighted by Crippen LogP contribution is -2.03. The molecule has 72 valence electrons. The van der Waals surface area contributed by atoms with E-state index in [4.69, 9.17) is 9.15 Å². The first kappa shape index (κ1) is 9.50. The van der Waals surface area contributed by atoms with Gasteiger partial charge in [0.2, 0.25) is 5.69 Å². The first-order chi connectivity index (χ1) is 6.19. The lowest BCUT2D eigenvalue weighted by molar-refractivity contribution is -0.0796. The van der Waals surface area contributed by atoms with E-state index < -0.39 is 5.97 Å². The molecule has 6 heteroatoms. The molecule has 0 bridgehead atoms. The number of hydrogen-bond donors (Lipinski definition) is 0. The predicted molar refractivity (Wildman–Crippen MR) is 38.9 cm³/mol. The van der Waals surface area contributed by atoms with Gasteiger partial charge in [0.25, 0.3) is 0 Å². The normalized spacial score (nSPS) is 9.77. The number of aromatic nitrogens is 1. The maximum absolute atomic E-state index is 11.5. The monoisotopic (exact) mass is 189 g/mol. The van der Waals surface area contributed by atoms with Crippen molar-refractivity contribution in [2.45, 2.75) is 13.8 Å². The van der Waals surface area contributed by atoms with E-state index in [9.17, 15) is 9.32 Å². The van der Waals surface area contributed by atoms with Crippen LogP contribution in [0.3, 0.4) is 0 Å². The zero-order chi connectivity index (χ0) is 9.84. The van der Waals surface area contributed by atoms with E-state index >= 15 is 0 Å². The maximum atomic E-state index is 11.5. The van der Waals surface area contributed by atoms with Crippen LogP contribution in [-0.2, 0) is 4.94 Å². The Bertz CT molecular complexity index is 309. The molecule has 0 fully saturated rings. The highest BCUT2D eigenvalue weighted by molar-refractivity contribution is 5.88. The van der Waals surface area contributed by atoms with Gasteiger partial charge in [-0.1, -0.05) is 0 Å². The van der Waals surface area contributed by atoms with Crippen molar-refractivity contribution < 1.29 is 23.4 Å². The van der Waals surface area contributed by atoms with Gasteiger partial charge in [0.15, 0.2) is 5.89 Å². The van der Waals surface area contributed by atoms with Crippen molar-refractivity contribution in [3.63, 3.8) is 0 Å². The van der Waals surface area contributed by atoms with E-state index in [2.05, 4.69) is 9.93 Å². The van der Waals surface area contributed by atoms with Gasteiger partial charge in [0.05, 0.1) is 6.61 Å². The highest BCUT2D eigenvalue weighted by Crippen LogP contribution is 2.20. The first-order valence-corrected chi connectivity index (χ1v) is 3.62. The Hall–Kier alpha value is -1.59. The number of nitrogens with zero attached hydrogens (tertiary/aromatic N) is 1. The SMILES string of the molecule is CCOc1oc(C)nc1C(=O)OF. The number of oxazole rings is 1. The van der Waals surface area contributed by atoms with Gasteiger partial charge in [-0.2, -0.15) is 0 Å². The Kier molecular flexibility index (Phi) is 2.84. The molecular weight excluding hydrogens is 181 g/mol. The van der Waals surface area contributed by atoms with Crippen LogP contribution in [0.5, 0.6) is 5.95 Å². The van der Waals surface area contributed by atoms with Gasteiger partial charge < -0.3 is 9.15 Å². The fraction of sp³-hybridized carbons (Fsp3) is 0.429. The fourth-order valence-corrected chi connectivity index (χ4v) is 0.803. The Balaban J connectivity index is 2.96. The minimum Gasteiger partial charge on any atom is -0.464 e. The van der Waals surface area contributed by atoms with E-state index in [1.165, 1.54) is 6.92 Å². The fourth-order valence-electron chi connectivity index (χ4n) is 0.803. The van der Waals surface area contributed by atoms with E-state index in [1.807, 2.05) is 0 Å². The van der Waals surface area contributed by atoms with Gasteiger partial charge in [0.1, 0.15) is 0 Å². The topological polar surface area (TPSA) is 61.6 Å². The first-order valence-electron chi connectivity index (χ1n) is 3.62. The lowest BCUT2D eigenvalue weighted by atomic mass is 10.5. The number of carbonyl (C=O) groups excluding carboxylic acids is 1. The Labute approximate surface area is 73.4 Å². The summed E-state index contributed by atoms with van der Waals surface area (Å²) in [5.41, 5.74) is -0.290. The molecule has 0 unspecified atom stereocenters. The van der Waals surface area contributed by atoms with Crippen LogP contribution < -0.4 is 4.74 Å².